The third kappa shape index (κ3) is 3.40. The maximum atomic E-state index is 12.1. The Bertz CT molecular complexity index is 873. The number of benzene rings is 1. The Kier molecular flexibility index (Phi) is 4.81. The minimum absolute atomic E-state index is 0.292. The Hall–Kier alpha value is -2.14. The third-order valence-electron chi connectivity index (χ3n) is 5.73. The van der Waals surface area contributed by atoms with E-state index in [2.05, 4.69) is 22.8 Å². The van der Waals surface area contributed by atoms with Crippen LogP contribution in [-0.4, -0.2) is 41.4 Å². The summed E-state index contributed by atoms with van der Waals surface area (Å²) in [5, 5.41) is 1.03. The average Bonchev–Trinajstić information content (AvgIpc) is 3.07. The lowest BCUT2D eigenvalue weighted by atomic mass is 10.0. The first-order valence-corrected chi connectivity index (χ1v) is 9.71. The van der Waals surface area contributed by atoms with Crippen LogP contribution in [0, 0.1) is 0 Å². The molecule has 0 spiro atoms. The summed E-state index contributed by atoms with van der Waals surface area (Å²) in [4.78, 5) is 28.5. The fourth-order valence-corrected chi connectivity index (χ4v) is 4.35. The van der Waals surface area contributed by atoms with E-state index in [1.54, 1.807) is 6.07 Å². The zero-order valence-corrected chi connectivity index (χ0v) is 15.4. The van der Waals surface area contributed by atoms with E-state index in [1.165, 1.54) is 5.56 Å². The van der Waals surface area contributed by atoms with E-state index in [0.717, 1.165) is 62.8 Å². The SMILES string of the molecule is CCc1ccc2oc(=O)cc(CN3CCCC(N4CCCC4=O)C3)c2c1. The fraction of sp³-hybridized carbons (Fsp3) is 0.524. The van der Waals surface area contributed by atoms with Gasteiger partial charge in [0.25, 0.3) is 0 Å². The number of nitrogens with zero attached hydrogens (tertiary/aromatic N) is 2. The van der Waals surface area contributed by atoms with Crippen molar-refractivity contribution in [1.82, 2.24) is 9.80 Å². The molecule has 26 heavy (non-hydrogen) atoms. The molecule has 2 saturated heterocycles. The lowest BCUT2D eigenvalue weighted by molar-refractivity contribution is -0.130. The van der Waals surface area contributed by atoms with Gasteiger partial charge in [-0.3, -0.25) is 9.69 Å². The molecule has 1 aromatic heterocycles. The van der Waals surface area contributed by atoms with Crippen LogP contribution in [0.2, 0.25) is 0 Å². The van der Waals surface area contributed by atoms with Crippen molar-refractivity contribution in [2.75, 3.05) is 19.6 Å². The first kappa shape index (κ1) is 17.3. The molecule has 4 rings (SSSR count). The molecule has 2 aliphatic rings. The van der Waals surface area contributed by atoms with Gasteiger partial charge in [-0.1, -0.05) is 13.0 Å². The molecule has 0 bridgehead atoms. The van der Waals surface area contributed by atoms with Gasteiger partial charge >= 0.3 is 5.63 Å². The molecule has 138 valence electrons. The summed E-state index contributed by atoms with van der Waals surface area (Å²) in [5.74, 6) is 0.301. The van der Waals surface area contributed by atoms with Crippen LogP contribution in [0.5, 0.6) is 0 Å². The number of rotatable bonds is 4. The first-order chi connectivity index (χ1) is 12.6. The second-order valence-electron chi connectivity index (χ2n) is 7.50. The van der Waals surface area contributed by atoms with Crippen molar-refractivity contribution < 1.29 is 9.21 Å². The van der Waals surface area contributed by atoms with Gasteiger partial charge in [-0.2, -0.15) is 0 Å². The van der Waals surface area contributed by atoms with E-state index >= 15 is 0 Å². The molecule has 2 fully saturated rings. The van der Waals surface area contributed by atoms with Crippen LogP contribution in [0.3, 0.4) is 0 Å². The molecule has 0 radical (unpaired) electrons. The van der Waals surface area contributed by atoms with Gasteiger partial charge < -0.3 is 9.32 Å². The van der Waals surface area contributed by atoms with Gasteiger partial charge in [0.2, 0.25) is 5.91 Å². The van der Waals surface area contributed by atoms with E-state index in [9.17, 15) is 9.59 Å². The fourth-order valence-electron chi connectivity index (χ4n) is 4.35. The molecule has 5 heteroatoms. The van der Waals surface area contributed by atoms with E-state index in [-0.39, 0.29) is 5.63 Å². The number of hydrogen-bond acceptors (Lipinski definition) is 4. The summed E-state index contributed by atoms with van der Waals surface area (Å²) in [6.07, 6.45) is 4.81. The highest BCUT2D eigenvalue weighted by Crippen LogP contribution is 2.25. The van der Waals surface area contributed by atoms with E-state index in [4.69, 9.17) is 4.42 Å². The van der Waals surface area contributed by atoms with E-state index < -0.39 is 0 Å². The van der Waals surface area contributed by atoms with Gasteiger partial charge in [-0.05, 0) is 55.5 Å². The average molecular weight is 354 g/mol. The standard InChI is InChI=1S/C21H26N2O3/c1-2-15-7-8-19-18(11-15)16(12-21(25)26-19)13-22-9-3-5-17(14-22)23-10-4-6-20(23)24/h7-8,11-12,17H,2-6,9-10,13-14H2,1H3. The van der Waals surface area contributed by atoms with Crippen molar-refractivity contribution in [2.24, 2.45) is 0 Å². The summed E-state index contributed by atoms with van der Waals surface area (Å²) in [7, 11) is 0. The summed E-state index contributed by atoms with van der Waals surface area (Å²) in [6, 6.07) is 8.01. The van der Waals surface area contributed by atoms with Crippen molar-refractivity contribution in [3.63, 3.8) is 0 Å². The van der Waals surface area contributed by atoms with Gasteiger partial charge in [-0.25, -0.2) is 4.79 Å². The van der Waals surface area contributed by atoms with Crippen LogP contribution in [0.4, 0.5) is 0 Å². The largest absolute Gasteiger partial charge is 0.423 e. The number of carbonyl (C=O) groups is 1. The number of fused-ring (bicyclic) bond motifs is 1. The summed E-state index contributed by atoms with van der Waals surface area (Å²) >= 11 is 0. The molecule has 0 saturated carbocycles. The Balaban J connectivity index is 1.58. The summed E-state index contributed by atoms with van der Waals surface area (Å²) < 4.78 is 5.38. The minimum atomic E-state index is -0.292. The number of aryl methyl sites for hydroxylation is 1. The van der Waals surface area contributed by atoms with Gasteiger partial charge in [0.15, 0.2) is 0 Å². The number of piperidine rings is 1. The summed E-state index contributed by atoms with van der Waals surface area (Å²) in [6.45, 7) is 5.65. The molecule has 2 aromatic rings. The van der Waals surface area contributed by atoms with Gasteiger partial charge in [0.05, 0.1) is 0 Å². The highest BCUT2D eigenvalue weighted by atomic mass is 16.4. The third-order valence-corrected chi connectivity index (χ3v) is 5.73. The van der Waals surface area contributed by atoms with E-state index in [1.807, 2.05) is 12.1 Å². The van der Waals surface area contributed by atoms with Crippen LogP contribution < -0.4 is 5.63 Å². The van der Waals surface area contributed by atoms with Crippen LogP contribution >= 0.6 is 0 Å². The predicted octanol–water partition coefficient (Wildman–Crippen LogP) is 2.94. The molecule has 1 atom stereocenters. The molecule has 5 nitrogen and oxygen atoms in total. The highest BCUT2D eigenvalue weighted by molar-refractivity contribution is 5.81. The Morgan fingerprint density at radius 2 is 2.04 bits per heavy atom. The monoisotopic (exact) mass is 354 g/mol. The molecular weight excluding hydrogens is 328 g/mol. The van der Waals surface area contributed by atoms with Crippen molar-refractivity contribution in [3.05, 3.63) is 45.8 Å². The number of hydrogen-bond donors (Lipinski definition) is 0. The molecule has 3 heterocycles. The second-order valence-corrected chi connectivity index (χ2v) is 7.50. The lowest BCUT2D eigenvalue weighted by Crippen LogP contribution is -2.48. The molecule has 1 unspecified atom stereocenters. The zero-order chi connectivity index (χ0) is 18.1. The van der Waals surface area contributed by atoms with Crippen LogP contribution in [0.25, 0.3) is 11.0 Å². The Morgan fingerprint density at radius 3 is 2.81 bits per heavy atom. The number of likely N-dealkylation sites (tertiary alicyclic amines) is 2. The Morgan fingerprint density at radius 1 is 1.15 bits per heavy atom. The number of carbonyl (C=O) groups excluding carboxylic acids is 1. The lowest BCUT2D eigenvalue weighted by Gasteiger charge is -2.37. The normalized spacial score (nSPS) is 21.7. The Labute approximate surface area is 153 Å². The van der Waals surface area contributed by atoms with Gasteiger partial charge in [0.1, 0.15) is 5.58 Å². The molecular formula is C21H26N2O3. The van der Waals surface area contributed by atoms with E-state index in [0.29, 0.717) is 24.0 Å². The topological polar surface area (TPSA) is 53.8 Å². The second kappa shape index (κ2) is 7.23. The molecule has 0 N–H and O–H groups in total. The quantitative estimate of drug-likeness (QED) is 0.792. The highest BCUT2D eigenvalue weighted by Gasteiger charge is 2.31. The predicted molar refractivity (Wildman–Crippen MR) is 101 cm³/mol. The van der Waals surface area contributed by atoms with Crippen LogP contribution in [-0.2, 0) is 17.8 Å². The zero-order valence-electron chi connectivity index (χ0n) is 15.4. The van der Waals surface area contributed by atoms with Crippen molar-refractivity contribution in [1.29, 1.82) is 0 Å². The van der Waals surface area contributed by atoms with Crippen molar-refractivity contribution >= 4 is 16.9 Å². The molecule has 1 aromatic carbocycles. The van der Waals surface area contributed by atoms with Crippen molar-refractivity contribution in [3.8, 4) is 0 Å². The van der Waals surface area contributed by atoms with Crippen molar-refractivity contribution in [2.45, 2.75) is 51.6 Å². The van der Waals surface area contributed by atoms with Gasteiger partial charge in [0, 0.05) is 43.5 Å². The minimum Gasteiger partial charge on any atom is -0.423 e. The molecule has 0 aliphatic carbocycles. The smallest absolute Gasteiger partial charge is 0.336 e. The maximum Gasteiger partial charge on any atom is 0.336 e. The first-order valence-electron chi connectivity index (χ1n) is 9.71. The van der Waals surface area contributed by atoms with Crippen LogP contribution in [0.15, 0.2) is 33.5 Å². The summed E-state index contributed by atoms with van der Waals surface area (Å²) in [5.41, 5.74) is 2.64. The van der Waals surface area contributed by atoms with Gasteiger partial charge in [-0.15, -0.1) is 0 Å². The molecule has 1 amide bonds. The maximum absolute atomic E-state index is 12.1. The molecule has 2 aliphatic heterocycles. The number of amides is 1. The van der Waals surface area contributed by atoms with Crippen LogP contribution in [0.1, 0.15) is 43.7 Å².